The number of benzene rings is 1. The summed E-state index contributed by atoms with van der Waals surface area (Å²) in [6.07, 6.45) is 1.59. The predicted octanol–water partition coefficient (Wildman–Crippen LogP) is 0.241. The second kappa shape index (κ2) is 7.03. The predicted molar refractivity (Wildman–Crippen MR) is 71.6 cm³/mol. The van der Waals surface area contributed by atoms with E-state index >= 15 is 0 Å². The lowest BCUT2D eigenvalue weighted by atomic mass is 10.2. The van der Waals surface area contributed by atoms with E-state index in [2.05, 4.69) is 25.8 Å². The Morgan fingerprint density at radius 3 is 2.65 bits per heavy atom. The smallest absolute Gasteiger partial charge is 0.251 e. The first-order chi connectivity index (χ1) is 9.75. The third-order valence-corrected chi connectivity index (χ3v) is 2.59. The lowest BCUT2D eigenvalue weighted by molar-refractivity contribution is -0.121. The highest BCUT2D eigenvalue weighted by Gasteiger charge is 2.06. The summed E-state index contributed by atoms with van der Waals surface area (Å²) >= 11 is 0. The lowest BCUT2D eigenvalue weighted by Crippen LogP contribution is -2.30. The number of hydrogen-bond donors (Lipinski definition) is 3. The summed E-state index contributed by atoms with van der Waals surface area (Å²) in [5, 5.41) is 11.7. The molecule has 0 fully saturated rings. The minimum atomic E-state index is -0.186. The third kappa shape index (κ3) is 4.20. The standard InChI is InChI=1S/C13H15N5O2/c19-12(15-8-11-16-9-17-18-11)6-7-14-13(20)10-4-2-1-3-5-10/h1-5,9H,6-8H2,(H,14,20)(H,15,19)(H,16,17,18). The van der Waals surface area contributed by atoms with Gasteiger partial charge in [0.2, 0.25) is 5.91 Å². The van der Waals surface area contributed by atoms with Gasteiger partial charge in [-0.05, 0) is 12.1 Å². The van der Waals surface area contributed by atoms with E-state index in [0.717, 1.165) is 0 Å². The number of rotatable bonds is 6. The summed E-state index contributed by atoms with van der Waals surface area (Å²) in [4.78, 5) is 27.1. The van der Waals surface area contributed by atoms with Crippen LogP contribution in [0.2, 0.25) is 0 Å². The number of H-pyrrole nitrogens is 1. The molecule has 0 atom stereocenters. The SMILES string of the molecule is O=C(CCNC(=O)c1ccccc1)NCc1ncn[nH]1. The first kappa shape index (κ1) is 13.7. The zero-order valence-electron chi connectivity index (χ0n) is 10.8. The van der Waals surface area contributed by atoms with Crippen molar-refractivity contribution < 1.29 is 9.59 Å². The molecule has 0 aliphatic rings. The van der Waals surface area contributed by atoms with Gasteiger partial charge in [0, 0.05) is 18.5 Å². The molecule has 2 amide bonds. The van der Waals surface area contributed by atoms with Gasteiger partial charge in [0.1, 0.15) is 12.2 Å². The number of nitrogens with zero attached hydrogens (tertiary/aromatic N) is 2. The number of nitrogens with one attached hydrogen (secondary N) is 3. The van der Waals surface area contributed by atoms with Crippen LogP contribution in [0.1, 0.15) is 22.6 Å². The minimum Gasteiger partial charge on any atom is -0.352 e. The van der Waals surface area contributed by atoms with Gasteiger partial charge in [-0.3, -0.25) is 14.7 Å². The quantitative estimate of drug-likeness (QED) is 0.702. The van der Waals surface area contributed by atoms with Gasteiger partial charge in [-0.25, -0.2) is 4.98 Å². The van der Waals surface area contributed by atoms with Crippen molar-refractivity contribution in [1.29, 1.82) is 0 Å². The fourth-order valence-corrected chi connectivity index (χ4v) is 1.57. The first-order valence-electron chi connectivity index (χ1n) is 6.20. The molecule has 0 unspecified atom stereocenters. The normalized spacial score (nSPS) is 10.0. The van der Waals surface area contributed by atoms with Crippen LogP contribution < -0.4 is 10.6 Å². The topological polar surface area (TPSA) is 99.8 Å². The zero-order valence-corrected chi connectivity index (χ0v) is 10.8. The molecule has 0 saturated carbocycles. The van der Waals surface area contributed by atoms with Gasteiger partial charge in [0.25, 0.3) is 5.91 Å². The average molecular weight is 273 g/mol. The van der Waals surface area contributed by atoms with Crippen LogP contribution in [0.4, 0.5) is 0 Å². The zero-order chi connectivity index (χ0) is 14.2. The molecule has 2 rings (SSSR count). The van der Waals surface area contributed by atoms with E-state index < -0.39 is 0 Å². The maximum Gasteiger partial charge on any atom is 0.251 e. The summed E-state index contributed by atoms with van der Waals surface area (Å²) in [5.41, 5.74) is 0.578. The molecule has 0 aliphatic carbocycles. The van der Waals surface area contributed by atoms with E-state index in [1.807, 2.05) is 6.07 Å². The van der Waals surface area contributed by atoms with Gasteiger partial charge in [0.15, 0.2) is 0 Å². The molecule has 0 radical (unpaired) electrons. The van der Waals surface area contributed by atoms with Crippen molar-refractivity contribution in [2.45, 2.75) is 13.0 Å². The molecule has 1 heterocycles. The highest BCUT2D eigenvalue weighted by molar-refractivity contribution is 5.94. The number of carbonyl (C=O) groups excluding carboxylic acids is 2. The molecule has 1 aromatic carbocycles. The number of hydrogen-bond acceptors (Lipinski definition) is 4. The van der Waals surface area contributed by atoms with Crippen molar-refractivity contribution in [3.8, 4) is 0 Å². The number of carbonyl (C=O) groups is 2. The highest BCUT2D eigenvalue weighted by atomic mass is 16.2. The van der Waals surface area contributed by atoms with Crippen LogP contribution in [-0.2, 0) is 11.3 Å². The fourth-order valence-electron chi connectivity index (χ4n) is 1.57. The van der Waals surface area contributed by atoms with Gasteiger partial charge in [0.05, 0.1) is 6.54 Å². The van der Waals surface area contributed by atoms with Gasteiger partial charge in [-0.2, -0.15) is 5.10 Å². The van der Waals surface area contributed by atoms with Crippen LogP contribution in [0.25, 0.3) is 0 Å². The Kier molecular flexibility index (Phi) is 4.82. The van der Waals surface area contributed by atoms with Gasteiger partial charge in [-0.15, -0.1) is 0 Å². The maximum absolute atomic E-state index is 11.7. The Bertz CT molecular complexity index is 553. The Balaban J connectivity index is 1.65. The van der Waals surface area contributed by atoms with Crippen LogP contribution >= 0.6 is 0 Å². The van der Waals surface area contributed by atoms with Crippen molar-refractivity contribution >= 4 is 11.8 Å². The molecule has 0 saturated heterocycles. The molecule has 2 aromatic rings. The van der Waals surface area contributed by atoms with E-state index in [4.69, 9.17) is 0 Å². The van der Waals surface area contributed by atoms with Crippen LogP contribution in [-0.4, -0.2) is 33.5 Å². The second-order valence-corrected chi connectivity index (χ2v) is 4.08. The molecule has 0 spiro atoms. The highest BCUT2D eigenvalue weighted by Crippen LogP contribution is 1.97. The largest absolute Gasteiger partial charge is 0.352 e. The number of amides is 2. The summed E-state index contributed by atoms with van der Waals surface area (Å²) in [5.74, 6) is 0.245. The van der Waals surface area contributed by atoms with Crippen molar-refractivity contribution in [3.05, 3.63) is 48.0 Å². The fraction of sp³-hybridized carbons (Fsp3) is 0.231. The minimum absolute atomic E-state index is 0.158. The van der Waals surface area contributed by atoms with Gasteiger partial charge >= 0.3 is 0 Å². The lowest BCUT2D eigenvalue weighted by Gasteiger charge is -2.05. The van der Waals surface area contributed by atoms with E-state index in [9.17, 15) is 9.59 Å². The molecule has 0 bridgehead atoms. The second-order valence-electron chi connectivity index (χ2n) is 4.08. The molecule has 3 N–H and O–H groups in total. The maximum atomic E-state index is 11.7. The Morgan fingerprint density at radius 1 is 1.15 bits per heavy atom. The Morgan fingerprint density at radius 2 is 1.95 bits per heavy atom. The van der Waals surface area contributed by atoms with E-state index in [1.54, 1.807) is 24.3 Å². The molecule has 7 heteroatoms. The summed E-state index contributed by atoms with van der Waals surface area (Å²) < 4.78 is 0. The van der Waals surface area contributed by atoms with E-state index in [0.29, 0.717) is 17.9 Å². The van der Waals surface area contributed by atoms with Crippen LogP contribution in [0.15, 0.2) is 36.7 Å². The van der Waals surface area contributed by atoms with Crippen molar-refractivity contribution in [2.24, 2.45) is 0 Å². The van der Waals surface area contributed by atoms with E-state index in [-0.39, 0.29) is 24.8 Å². The number of aromatic amines is 1. The van der Waals surface area contributed by atoms with Crippen LogP contribution in [0.5, 0.6) is 0 Å². The molecule has 0 aliphatic heterocycles. The molecular weight excluding hydrogens is 258 g/mol. The summed E-state index contributed by atoms with van der Waals surface area (Å²) in [6, 6.07) is 8.87. The molecule has 104 valence electrons. The van der Waals surface area contributed by atoms with E-state index in [1.165, 1.54) is 6.33 Å². The molecule has 7 nitrogen and oxygen atoms in total. The summed E-state index contributed by atoms with van der Waals surface area (Å²) in [6.45, 7) is 0.585. The van der Waals surface area contributed by atoms with Crippen molar-refractivity contribution in [1.82, 2.24) is 25.8 Å². The van der Waals surface area contributed by atoms with Crippen LogP contribution in [0, 0.1) is 0 Å². The van der Waals surface area contributed by atoms with Gasteiger partial charge in [-0.1, -0.05) is 18.2 Å². The van der Waals surface area contributed by atoms with Crippen molar-refractivity contribution in [3.63, 3.8) is 0 Å². The number of aromatic nitrogens is 3. The summed E-state index contributed by atoms with van der Waals surface area (Å²) in [7, 11) is 0. The molecule has 20 heavy (non-hydrogen) atoms. The average Bonchev–Trinajstić information content (AvgIpc) is 2.99. The van der Waals surface area contributed by atoms with Crippen molar-refractivity contribution in [2.75, 3.05) is 6.54 Å². The monoisotopic (exact) mass is 273 g/mol. The molecule has 1 aromatic heterocycles. The molecular formula is C13H15N5O2. The first-order valence-corrected chi connectivity index (χ1v) is 6.20. The third-order valence-electron chi connectivity index (χ3n) is 2.59. The van der Waals surface area contributed by atoms with Gasteiger partial charge < -0.3 is 10.6 Å². The Labute approximate surface area is 115 Å². The Hall–Kier alpha value is -2.70. The van der Waals surface area contributed by atoms with Crippen LogP contribution in [0.3, 0.4) is 0 Å².